The van der Waals surface area contributed by atoms with Crippen LogP contribution in [-0.4, -0.2) is 22.7 Å². The number of thiazole rings is 1. The van der Waals surface area contributed by atoms with Gasteiger partial charge >= 0.3 is 0 Å². The summed E-state index contributed by atoms with van der Waals surface area (Å²) in [5, 5.41) is 10.5. The molecule has 3 aromatic carbocycles. The van der Waals surface area contributed by atoms with Gasteiger partial charge in [-0.2, -0.15) is 0 Å². The number of nitrogens with zero attached hydrogens (tertiary/aromatic N) is 1. The van der Waals surface area contributed by atoms with Gasteiger partial charge in [0, 0.05) is 28.7 Å². The number of nitrogens with one attached hydrogen (secondary N) is 3. The van der Waals surface area contributed by atoms with Crippen molar-refractivity contribution in [2.24, 2.45) is 0 Å². The molecule has 176 valence electrons. The van der Waals surface area contributed by atoms with Crippen LogP contribution in [0.25, 0.3) is 0 Å². The van der Waals surface area contributed by atoms with Crippen molar-refractivity contribution in [2.75, 3.05) is 10.6 Å². The molecule has 0 aliphatic carbocycles. The van der Waals surface area contributed by atoms with Crippen molar-refractivity contribution in [3.05, 3.63) is 112 Å². The molecule has 3 amide bonds. The fourth-order valence-electron chi connectivity index (χ4n) is 3.20. The molecule has 1 aromatic heterocycles. The van der Waals surface area contributed by atoms with E-state index in [1.165, 1.54) is 35.6 Å². The van der Waals surface area contributed by atoms with Crippen molar-refractivity contribution in [3.63, 3.8) is 0 Å². The molecule has 4 rings (SSSR count). The zero-order chi connectivity index (χ0) is 24.6. The summed E-state index contributed by atoms with van der Waals surface area (Å²) in [5.41, 5.74) is 2.77. The summed E-state index contributed by atoms with van der Waals surface area (Å²) < 4.78 is 13.0. The molecule has 0 spiro atoms. The van der Waals surface area contributed by atoms with E-state index >= 15 is 0 Å². The van der Waals surface area contributed by atoms with Crippen LogP contribution in [0.15, 0.2) is 84.2 Å². The summed E-state index contributed by atoms with van der Waals surface area (Å²) in [7, 11) is 0. The van der Waals surface area contributed by atoms with Crippen LogP contribution in [0.5, 0.6) is 0 Å². The number of anilines is 2. The Kier molecular flexibility index (Phi) is 7.59. The third-order valence-electron chi connectivity index (χ3n) is 4.93. The normalized spacial score (nSPS) is 10.4. The van der Waals surface area contributed by atoms with E-state index in [9.17, 15) is 18.8 Å². The van der Waals surface area contributed by atoms with Crippen molar-refractivity contribution in [1.29, 1.82) is 0 Å². The number of hydrogen-bond acceptors (Lipinski definition) is 5. The molecule has 0 saturated heterocycles. The molecule has 0 aliphatic heterocycles. The first-order chi connectivity index (χ1) is 17.0. The summed E-state index contributed by atoms with van der Waals surface area (Å²) in [6.45, 7) is 0.265. The third kappa shape index (κ3) is 6.81. The van der Waals surface area contributed by atoms with Crippen LogP contribution in [0.4, 0.5) is 15.2 Å². The van der Waals surface area contributed by atoms with E-state index in [1.807, 2.05) is 12.1 Å². The minimum absolute atomic E-state index is 0.0682. The average molecular weight is 489 g/mol. The summed E-state index contributed by atoms with van der Waals surface area (Å²) >= 11 is 1.25. The average Bonchev–Trinajstić information content (AvgIpc) is 3.30. The number of carbonyl (C=O) groups is 3. The van der Waals surface area contributed by atoms with E-state index in [0.717, 1.165) is 5.56 Å². The molecule has 0 saturated carbocycles. The van der Waals surface area contributed by atoms with Gasteiger partial charge < -0.3 is 10.6 Å². The third-order valence-corrected chi connectivity index (χ3v) is 5.74. The molecule has 1 heterocycles. The second kappa shape index (κ2) is 11.2. The highest BCUT2D eigenvalue weighted by atomic mass is 32.1. The zero-order valence-corrected chi connectivity index (χ0v) is 19.3. The Bertz CT molecular complexity index is 1340. The van der Waals surface area contributed by atoms with Crippen LogP contribution in [0, 0.1) is 5.82 Å². The van der Waals surface area contributed by atoms with Crippen molar-refractivity contribution in [2.45, 2.75) is 13.0 Å². The topological polar surface area (TPSA) is 100 Å². The Morgan fingerprint density at radius 2 is 1.54 bits per heavy atom. The number of aromatic nitrogens is 1. The molecule has 0 unspecified atom stereocenters. The highest BCUT2D eigenvalue weighted by Crippen LogP contribution is 2.17. The van der Waals surface area contributed by atoms with Crippen molar-refractivity contribution >= 4 is 39.9 Å². The van der Waals surface area contributed by atoms with Gasteiger partial charge in [-0.25, -0.2) is 9.37 Å². The number of carbonyl (C=O) groups excluding carboxylic acids is 3. The molecule has 0 radical (unpaired) electrons. The Balaban J connectivity index is 1.27. The van der Waals surface area contributed by atoms with Crippen LogP contribution >= 0.6 is 11.3 Å². The van der Waals surface area contributed by atoms with Gasteiger partial charge in [0.15, 0.2) is 5.13 Å². The van der Waals surface area contributed by atoms with Crippen molar-refractivity contribution in [1.82, 2.24) is 10.3 Å². The Morgan fingerprint density at radius 3 is 2.31 bits per heavy atom. The van der Waals surface area contributed by atoms with Gasteiger partial charge in [-0.15, -0.1) is 11.3 Å². The lowest BCUT2D eigenvalue weighted by Gasteiger charge is -2.09. The van der Waals surface area contributed by atoms with Gasteiger partial charge in [-0.3, -0.25) is 19.7 Å². The van der Waals surface area contributed by atoms with E-state index in [-0.39, 0.29) is 30.7 Å². The van der Waals surface area contributed by atoms with E-state index < -0.39 is 5.82 Å². The smallest absolute Gasteiger partial charge is 0.257 e. The molecule has 4 aromatic rings. The molecule has 0 aliphatic rings. The summed E-state index contributed by atoms with van der Waals surface area (Å²) in [6, 6.07) is 21.2. The highest BCUT2D eigenvalue weighted by Gasteiger charge is 2.12. The maximum atomic E-state index is 13.0. The fraction of sp³-hybridized carbons (Fsp3) is 0.0769. The molecule has 0 atom stereocenters. The van der Waals surface area contributed by atoms with Crippen LogP contribution in [0.1, 0.15) is 32.0 Å². The van der Waals surface area contributed by atoms with Gasteiger partial charge in [0.25, 0.3) is 11.8 Å². The highest BCUT2D eigenvalue weighted by molar-refractivity contribution is 7.14. The molecular weight excluding hydrogens is 467 g/mol. The summed E-state index contributed by atoms with van der Waals surface area (Å²) in [4.78, 5) is 41.2. The molecule has 35 heavy (non-hydrogen) atoms. The lowest BCUT2D eigenvalue weighted by molar-refractivity contribution is -0.120. The largest absolute Gasteiger partial charge is 0.352 e. The Labute approximate surface area is 205 Å². The summed E-state index contributed by atoms with van der Waals surface area (Å²) in [5.74, 6) is -1.26. The molecular formula is C26H21FN4O3S. The first kappa shape index (κ1) is 23.8. The van der Waals surface area contributed by atoms with Crippen molar-refractivity contribution < 1.29 is 18.8 Å². The van der Waals surface area contributed by atoms with Crippen molar-refractivity contribution in [3.8, 4) is 0 Å². The monoisotopic (exact) mass is 488 g/mol. The predicted molar refractivity (Wildman–Crippen MR) is 133 cm³/mol. The minimum atomic E-state index is -0.412. The first-order valence-corrected chi connectivity index (χ1v) is 11.6. The maximum absolute atomic E-state index is 13.0. The van der Waals surface area contributed by atoms with E-state index in [2.05, 4.69) is 20.9 Å². The van der Waals surface area contributed by atoms with Gasteiger partial charge in [-0.1, -0.05) is 30.3 Å². The van der Waals surface area contributed by atoms with E-state index in [4.69, 9.17) is 0 Å². The Hall–Kier alpha value is -4.37. The predicted octanol–water partition coefficient (Wildman–Crippen LogP) is 4.65. The molecule has 0 bridgehead atoms. The molecule has 7 nitrogen and oxygen atoms in total. The maximum Gasteiger partial charge on any atom is 0.257 e. The lowest BCUT2D eigenvalue weighted by atomic mass is 10.1. The quantitative estimate of drug-likeness (QED) is 0.336. The minimum Gasteiger partial charge on any atom is -0.352 e. The number of amides is 3. The number of rotatable bonds is 8. The van der Waals surface area contributed by atoms with Gasteiger partial charge in [0.05, 0.1) is 12.1 Å². The van der Waals surface area contributed by atoms with E-state index in [1.54, 1.807) is 47.8 Å². The Morgan fingerprint density at radius 1 is 0.829 bits per heavy atom. The number of halogens is 1. The summed E-state index contributed by atoms with van der Waals surface area (Å²) in [6.07, 6.45) is 0.0682. The number of hydrogen-bond donors (Lipinski definition) is 3. The SMILES string of the molecule is O=C(Cc1csc(NC(=O)c2ccccc2)n1)NCc1cccc(NC(=O)c2ccc(F)cc2)c1. The zero-order valence-electron chi connectivity index (χ0n) is 18.5. The first-order valence-electron chi connectivity index (χ1n) is 10.7. The van der Waals surface area contributed by atoms with Crippen LogP contribution in [0.2, 0.25) is 0 Å². The van der Waals surface area contributed by atoms with Gasteiger partial charge in [-0.05, 0) is 54.1 Å². The fourth-order valence-corrected chi connectivity index (χ4v) is 3.90. The molecule has 0 fully saturated rings. The van der Waals surface area contributed by atoms with Gasteiger partial charge in [0.2, 0.25) is 5.91 Å². The van der Waals surface area contributed by atoms with Crippen LogP contribution in [0.3, 0.4) is 0 Å². The second-order valence-corrected chi connectivity index (χ2v) is 8.44. The second-order valence-electron chi connectivity index (χ2n) is 7.58. The number of benzene rings is 3. The molecule has 3 N–H and O–H groups in total. The van der Waals surface area contributed by atoms with Gasteiger partial charge in [0.1, 0.15) is 5.82 Å². The van der Waals surface area contributed by atoms with Crippen LogP contribution < -0.4 is 16.0 Å². The van der Waals surface area contributed by atoms with E-state index in [0.29, 0.717) is 27.6 Å². The van der Waals surface area contributed by atoms with Crippen LogP contribution in [-0.2, 0) is 17.8 Å². The molecule has 9 heteroatoms. The lowest BCUT2D eigenvalue weighted by Crippen LogP contribution is -2.24. The standard InChI is InChI=1S/C26H21FN4O3S/c27-20-11-9-19(10-12-20)24(33)29-21-8-4-5-17(13-21)15-28-23(32)14-22-16-35-26(30-22)31-25(34)18-6-2-1-3-7-18/h1-13,16H,14-15H2,(H,28,32)(H,29,33)(H,30,31,34).